The molecule has 0 heterocycles. The van der Waals surface area contributed by atoms with Crippen molar-refractivity contribution in [2.24, 2.45) is 17.8 Å². The summed E-state index contributed by atoms with van der Waals surface area (Å²) in [6, 6.07) is 6.09. The molecule has 31 heavy (non-hydrogen) atoms. The zero-order valence-corrected chi connectivity index (χ0v) is 19.1. The maximum atomic E-state index is 12.5. The lowest BCUT2D eigenvalue weighted by atomic mass is 9.53. The number of hydrogen-bond donors (Lipinski definition) is 3. The van der Waals surface area contributed by atoms with Gasteiger partial charge in [-0.1, -0.05) is 12.1 Å². The largest absolute Gasteiger partial charge is 0.350 e. The molecule has 1 aromatic rings. The van der Waals surface area contributed by atoms with Crippen molar-refractivity contribution in [3.63, 3.8) is 0 Å². The Balaban J connectivity index is 1.20. The van der Waals surface area contributed by atoms with Gasteiger partial charge in [0.15, 0.2) is 9.84 Å². The number of rotatable bonds is 7. The third kappa shape index (κ3) is 5.22. The molecule has 4 aliphatic carbocycles. The van der Waals surface area contributed by atoms with Crippen LogP contribution < -0.4 is 16.0 Å². The van der Waals surface area contributed by atoms with Crippen LogP contribution in [0.1, 0.15) is 63.5 Å². The van der Waals surface area contributed by atoms with Gasteiger partial charge in [0.2, 0.25) is 5.91 Å². The van der Waals surface area contributed by atoms with E-state index in [2.05, 4.69) is 16.0 Å². The molecule has 0 spiro atoms. The standard InChI is InChI=1S/C23H33N3O4S/c1-15(19-3-5-20(6-4-19)31(2,29)30)25-21(27)7-8-24-22(28)26-23-12-16-9-17(13-23)11-18(10-16)14-23/h3-6,15-18H,7-14H2,1-2H3,(H,25,27)(H2,24,26,28). The van der Waals surface area contributed by atoms with Crippen molar-refractivity contribution >= 4 is 21.8 Å². The third-order valence-electron chi connectivity index (χ3n) is 7.24. The molecular formula is C23H33N3O4S. The van der Waals surface area contributed by atoms with E-state index < -0.39 is 9.84 Å². The Hall–Kier alpha value is -2.09. The van der Waals surface area contributed by atoms with Gasteiger partial charge in [0.05, 0.1) is 10.9 Å². The van der Waals surface area contributed by atoms with Gasteiger partial charge >= 0.3 is 6.03 Å². The highest BCUT2D eigenvalue weighted by Crippen LogP contribution is 2.55. The van der Waals surface area contributed by atoms with Gasteiger partial charge in [-0.25, -0.2) is 13.2 Å². The van der Waals surface area contributed by atoms with Crippen LogP contribution in [0.15, 0.2) is 29.2 Å². The zero-order valence-electron chi connectivity index (χ0n) is 18.3. The Morgan fingerprint density at radius 2 is 1.58 bits per heavy atom. The van der Waals surface area contributed by atoms with E-state index in [4.69, 9.17) is 0 Å². The first-order valence-corrected chi connectivity index (χ1v) is 13.2. The van der Waals surface area contributed by atoms with Crippen molar-refractivity contribution < 1.29 is 18.0 Å². The molecule has 4 aliphatic rings. The maximum absolute atomic E-state index is 12.5. The van der Waals surface area contributed by atoms with Crippen LogP contribution in [-0.2, 0) is 14.6 Å². The lowest BCUT2D eigenvalue weighted by molar-refractivity contribution is -0.121. The lowest BCUT2D eigenvalue weighted by Crippen LogP contribution is -2.61. The van der Waals surface area contributed by atoms with E-state index in [1.807, 2.05) is 6.92 Å². The highest BCUT2D eigenvalue weighted by atomic mass is 32.2. The number of nitrogens with one attached hydrogen (secondary N) is 3. The molecule has 0 radical (unpaired) electrons. The molecule has 0 saturated heterocycles. The second kappa shape index (κ2) is 8.45. The fraction of sp³-hybridized carbons (Fsp3) is 0.652. The minimum Gasteiger partial charge on any atom is -0.350 e. The predicted octanol–water partition coefficient (Wildman–Crippen LogP) is 2.93. The number of hydrogen-bond acceptors (Lipinski definition) is 4. The Kier molecular flexibility index (Phi) is 6.03. The molecule has 4 saturated carbocycles. The first-order chi connectivity index (χ1) is 14.6. The van der Waals surface area contributed by atoms with Crippen molar-refractivity contribution in [2.45, 2.75) is 68.3 Å². The number of urea groups is 1. The van der Waals surface area contributed by atoms with E-state index >= 15 is 0 Å². The summed E-state index contributed by atoms with van der Waals surface area (Å²) >= 11 is 0. The van der Waals surface area contributed by atoms with Crippen molar-refractivity contribution in [1.82, 2.24) is 16.0 Å². The second-order valence-electron chi connectivity index (χ2n) is 9.96. The minimum absolute atomic E-state index is 0.0340. The predicted molar refractivity (Wildman–Crippen MR) is 118 cm³/mol. The number of carbonyl (C=O) groups excluding carboxylic acids is 2. The Morgan fingerprint density at radius 1 is 1.03 bits per heavy atom. The number of amides is 3. The van der Waals surface area contributed by atoms with Crippen LogP contribution >= 0.6 is 0 Å². The van der Waals surface area contributed by atoms with E-state index in [0.717, 1.165) is 42.6 Å². The molecule has 3 amide bonds. The maximum Gasteiger partial charge on any atom is 0.315 e. The third-order valence-corrected chi connectivity index (χ3v) is 8.37. The Morgan fingerprint density at radius 3 is 2.10 bits per heavy atom. The fourth-order valence-corrected chi connectivity index (χ4v) is 6.87. The van der Waals surface area contributed by atoms with Crippen molar-refractivity contribution in [3.8, 4) is 0 Å². The van der Waals surface area contributed by atoms with Gasteiger partial charge in [0, 0.05) is 24.8 Å². The van der Waals surface area contributed by atoms with Crippen LogP contribution in [-0.4, -0.2) is 38.7 Å². The average molecular weight is 448 g/mol. The van der Waals surface area contributed by atoms with Crippen LogP contribution in [0.3, 0.4) is 0 Å². The van der Waals surface area contributed by atoms with Crippen LogP contribution in [0.25, 0.3) is 0 Å². The number of benzene rings is 1. The van der Waals surface area contributed by atoms with Crippen LogP contribution in [0.5, 0.6) is 0 Å². The van der Waals surface area contributed by atoms with E-state index in [0.29, 0.717) is 0 Å². The quantitative estimate of drug-likeness (QED) is 0.598. The fourth-order valence-electron chi connectivity index (χ4n) is 6.24. The molecule has 170 valence electrons. The number of carbonyl (C=O) groups is 2. The average Bonchev–Trinajstić information content (AvgIpc) is 2.65. The number of sulfone groups is 1. The van der Waals surface area contributed by atoms with E-state index in [-0.39, 0.29) is 41.4 Å². The molecular weight excluding hydrogens is 414 g/mol. The monoisotopic (exact) mass is 447 g/mol. The summed E-state index contributed by atoms with van der Waals surface area (Å²) in [6.07, 6.45) is 8.65. The SMILES string of the molecule is CC(NC(=O)CCNC(=O)NC12CC3CC(CC(C3)C1)C2)c1ccc(S(C)(=O)=O)cc1. The molecule has 8 heteroatoms. The summed E-state index contributed by atoms with van der Waals surface area (Å²) in [6.45, 7) is 2.13. The van der Waals surface area contributed by atoms with Crippen molar-refractivity contribution in [1.29, 1.82) is 0 Å². The van der Waals surface area contributed by atoms with Gasteiger partial charge < -0.3 is 16.0 Å². The summed E-state index contributed by atoms with van der Waals surface area (Å²) in [5, 5.41) is 8.99. The molecule has 7 nitrogen and oxygen atoms in total. The zero-order chi connectivity index (χ0) is 22.2. The van der Waals surface area contributed by atoms with Gasteiger partial charge in [-0.15, -0.1) is 0 Å². The van der Waals surface area contributed by atoms with Gasteiger partial charge in [-0.3, -0.25) is 4.79 Å². The molecule has 1 atom stereocenters. The summed E-state index contributed by atoms with van der Waals surface area (Å²) in [4.78, 5) is 25.0. The highest BCUT2D eigenvalue weighted by molar-refractivity contribution is 7.90. The lowest BCUT2D eigenvalue weighted by Gasteiger charge is -2.56. The molecule has 1 aromatic carbocycles. The smallest absolute Gasteiger partial charge is 0.315 e. The molecule has 3 N–H and O–H groups in total. The van der Waals surface area contributed by atoms with Crippen LogP contribution in [0, 0.1) is 17.8 Å². The van der Waals surface area contributed by atoms with Gasteiger partial charge in [-0.05, 0) is 80.9 Å². The Bertz CT molecular complexity index is 907. The van der Waals surface area contributed by atoms with Crippen LogP contribution in [0.4, 0.5) is 4.79 Å². The first-order valence-electron chi connectivity index (χ1n) is 11.3. The van der Waals surface area contributed by atoms with Crippen LogP contribution in [0.2, 0.25) is 0 Å². The Labute approximate surface area is 184 Å². The molecule has 0 aliphatic heterocycles. The van der Waals surface area contributed by atoms with Crippen molar-refractivity contribution in [3.05, 3.63) is 29.8 Å². The molecule has 0 aromatic heterocycles. The second-order valence-corrected chi connectivity index (χ2v) is 12.0. The molecule has 1 unspecified atom stereocenters. The van der Waals surface area contributed by atoms with Gasteiger partial charge in [0.25, 0.3) is 0 Å². The molecule has 4 fully saturated rings. The summed E-state index contributed by atoms with van der Waals surface area (Å²) in [5.41, 5.74) is 0.793. The van der Waals surface area contributed by atoms with Gasteiger partial charge in [-0.2, -0.15) is 0 Å². The first kappa shape index (κ1) is 22.1. The van der Waals surface area contributed by atoms with E-state index in [1.54, 1.807) is 24.3 Å². The van der Waals surface area contributed by atoms with Crippen molar-refractivity contribution in [2.75, 3.05) is 12.8 Å². The highest BCUT2D eigenvalue weighted by Gasteiger charge is 2.51. The summed E-state index contributed by atoms with van der Waals surface area (Å²) in [7, 11) is -3.24. The van der Waals surface area contributed by atoms with Gasteiger partial charge in [0.1, 0.15) is 0 Å². The minimum atomic E-state index is -3.24. The van der Waals surface area contributed by atoms with E-state index in [9.17, 15) is 18.0 Å². The summed E-state index contributed by atoms with van der Waals surface area (Å²) < 4.78 is 23.1. The molecule has 4 bridgehead atoms. The molecule has 5 rings (SSSR count). The van der Waals surface area contributed by atoms with E-state index in [1.165, 1.54) is 25.5 Å². The summed E-state index contributed by atoms with van der Waals surface area (Å²) in [5.74, 6) is 2.15. The topological polar surface area (TPSA) is 104 Å². The normalized spacial score (nSPS) is 29.9.